The lowest BCUT2D eigenvalue weighted by Gasteiger charge is -2.26. The quantitative estimate of drug-likeness (QED) is 0.821. The number of methoxy groups -OCH3 is 1. The average molecular weight is 250 g/mol. The first kappa shape index (κ1) is 13.1. The number of ether oxygens (including phenoxy) is 1. The van der Waals surface area contributed by atoms with Gasteiger partial charge in [-0.2, -0.15) is 0 Å². The molecule has 1 aromatic rings. The topological polar surface area (TPSA) is 26.3 Å². The predicted molar refractivity (Wildman–Crippen MR) is 68.5 cm³/mol. The minimum absolute atomic E-state index is 0.168. The molecule has 2 rings (SSSR count). The van der Waals surface area contributed by atoms with Crippen LogP contribution in [0.4, 0.5) is 4.39 Å². The number of halogens is 1. The van der Waals surface area contributed by atoms with Gasteiger partial charge in [0.2, 0.25) is 0 Å². The van der Waals surface area contributed by atoms with Gasteiger partial charge in [0.25, 0.3) is 0 Å². The van der Waals surface area contributed by atoms with E-state index in [1.54, 1.807) is 0 Å². The molecule has 0 saturated carbocycles. The zero-order chi connectivity index (χ0) is 13.3. The maximum Gasteiger partial charge on any atom is 0.140 e. The highest BCUT2D eigenvalue weighted by Crippen LogP contribution is 2.37. The van der Waals surface area contributed by atoms with E-state index in [2.05, 4.69) is 13.8 Å². The molecular weight excluding hydrogens is 231 g/mol. The Labute approximate surface area is 107 Å². The standard InChI is InChI=1S/C15H19FO2/c1-9(2)6-13-12-7-10(18-3)8-14(16)11(12)4-5-15(13)17/h7-9,13H,4-6H2,1-3H3. The van der Waals surface area contributed by atoms with Gasteiger partial charge in [-0.25, -0.2) is 4.39 Å². The summed E-state index contributed by atoms with van der Waals surface area (Å²) in [7, 11) is 1.52. The third-order valence-corrected chi connectivity index (χ3v) is 3.53. The summed E-state index contributed by atoms with van der Waals surface area (Å²) in [5, 5.41) is 0. The first-order valence-corrected chi connectivity index (χ1v) is 6.42. The molecule has 2 nitrogen and oxygen atoms in total. The Kier molecular flexibility index (Phi) is 3.69. The Balaban J connectivity index is 2.47. The number of ketones is 1. The Morgan fingerprint density at radius 2 is 2.11 bits per heavy atom. The van der Waals surface area contributed by atoms with Crippen LogP contribution in [0, 0.1) is 11.7 Å². The second-order valence-corrected chi connectivity index (χ2v) is 5.33. The Bertz CT molecular complexity index is 466. The SMILES string of the molecule is COc1cc(F)c2c(c1)C(CC(C)C)C(=O)CC2. The van der Waals surface area contributed by atoms with Gasteiger partial charge in [0.15, 0.2) is 0 Å². The molecule has 0 radical (unpaired) electrons. The molecule has 0 bridgehead atoms. The fraction of sp³-hybridized carbons (Fsp3) is 0.533. The number of Topliss-reactive ketones (excluding diaryl/α,β-unsaturated/α-hetero) is 1. The molecule has 18 heavy (non-hydrogen) atoms. The molecule has 1 atom stereocenters. The van der Waals surface area contributed by atoms with Gasteiger partial charge in [0.1, 0.15) is 17.3 Å². The molecular formula is C15H19FO2. The van der Waals surface area contributed by atoms with Gasteiger partial charge in [-0.3, -0.25) is 4.79 Å². The lowest BCUT2D eigenvalue weighted by atomic mass is 9.77. The summed E-state index contributed by atoms with van der Waals surface area (Å²) in [6.45, 7) is 4.16. The summed E-state index contributed by atoms with van der Waals surface area (Å²) in [5.74, 6) is 0.724. The molecule has 98 valence electrons. The predicted octanol–water partition coefficient (Wildman–Crippen LogP) is 3.48. The van der Waals surface area contributed by atoms with E-state index in [-0.39, 0.29) is 17.5 Å². The van der Waals surface area contributed by atoms with Crippen LogP contribution in [-0.4, -0.2) is 12.9 Å². The highest BCUT2D eigenvalue weighted by molar-refractivity contribution is 5.88. The third kappa shape index (κ3) is 2.40. The molecule has 0 spiro atoms. The zero-order valence-corrected chi connectivity index (χ0v) is 11.1. The van der Waals surface area contributed by atoms with E-state index in [4.69, 9.17) is 4.74 Å². The Morgan fingerprint density at radius 1 is 1.39 bits per heavy atom. The van der Waals surface area contributed by atoms with Crippen molar-refractivity contribution < 1.29 is 13.9 Å². The van der Waals surface area contributed by atoms with Crippen LogP contribution < -0.4 is 4.74 Å². The minimum Gasteiger partial charge on any atom is -0.497 e. The van der Waals surface area contributed by atoms with Gasteiger partial charge in [0.05, 0.1) is 7.11 Å². The number of carbonyl (C=O) groups is 1. The molecule has 0 saturated heterocycles. The largest absolute Gasteiger partial charge is 0.497 e. The van der Waals surface area contributed by atoms with Crippen molar-refractivity contribution in [1.82, 2.24) is 0 Å². The maximum atomic E-state index is 14.0. The van der Waals surface area contributed by atoms with E-state index in [0.29, 0.717) is 30.1 Å². The maximum absolute atomic E-state index is 14.0. The van der Waals surface area contributed by atoms with Gasteiger partial charge in [0, 0.05) is 18.4 Å². The lowest BCUT2D eigenvalue weighted by molar-refractivity contribution is -0.121. The van der Waals surface area contributed by atoms with Crippen LogP contribution in [0.1, 0.15) is 43.7 Å². The molecule has 0 heterocycles. The van der Waals surface area contributed by atoms with E-state index in [1.807, 2.05) is 6.07 Å². The summed E-state index contributed by atoms with van der Waals surface area (Å²) < 4.78 is 19.1. The number of hydrogen-bond acceptors (Lipinski definition) is 2. The van der Waals surface area contributed by atoms with E-state index in [1.165, 1.54) is 13.2 Å². The van der Waals surface area contributed by atoms with Crippen LogP contribution in [0.3, 0.4) is 0 Å². The second kappa shape index (κ2) is 5.09. The van der Waals surface area contributed by atoms with E-state index < -0.39 is 0 Å². The van der Waals surface area contributed by atoms with E-state index >= 15 is 0 Å². The number of rotatable bonds is 3. The van der Waals surface area contributed by atoms with Gasteiger partial charge < -0.3 is 4.74 Å². The molecule has 0 amide bonds. The molecule has 1 aromatic carbocycles. The first-order valence-electron chi connectivity index (χ1n) is 6.42. The molecule has 1 aliphatic carbocycles. The zero-order valence-electron chi connectivity index (χ0n) is 11.1. The van der Waals surface area contributed by atoms with Crippen molar-refractivity contribution in [2.24, 2.45) is 5.92 Å². The normalized spacial score (nSPS) is 18.9. The van der Waals surface area contributed by atoms with Crippen molar-refractivity contribution in [2.75, 3.05) is 7.11 Å². The number of carbonyl (C=O) groups excluding carboxylic acids is 1. The summed E-state index contributed by atoms with van der Waals surface area (Å²) in [6.07, 6.45) is 1.74. The van der Waals surface area contributed by atoms with Gasteiger partial charge in [-0.05, 0) is 36.0 Å². The summed E-state index contributed by atoms with van der Waals surface area (Å²) >= 11 is 0. The van der Waals surface area contributed by atoms with Gasteiger partial charge >= 0.3 is 0 Å². The van der Waals surface area contributed by atoms with Crippen molar-refractivity contribution in [3.63, 3.8) is 0 Å². The van der Waals surface area contributed by atoms with E-state index in [9.17, 15) is 9.18 Å². The molecule has 1 unspecified atom stereocenters. The Hall–Kier alpha value is -1.38. The lowest BCUT2D eigenvalue weighted by Crippen LogP contribution is -2.23. The third-order valence-electron chi connectivity index (χ3n) is 3.53. The highest BCUT2D eigenvalue weighted by atomic mass is 19.1. The van der Waals surface area contributed by atoms with Crippen molar-refractivity contribution in [3.05, 3.63) is 29.1 Å². The van der Waals surface area contributed by atoms with Crippen molar-refractivity contribution in [1.29, 1.82) is 0 Å². The number of hydrogen-bond donors (Lipinski definition) is 0. The summed E-state index contributed by atoms with van der Waals surface area (Å²) in [4.78, 5) is 12.0. The van der Waals surface area contributed by atoms with Crippen LogP contribution in [-0.2, 0) is 11.2 Å². The summed E-state index contributed by atoms with van der Waals surface area (Å²) in [6, 6.07) is 3.23. The molecule has 0 aromatic heterocycles. The molecule has 0 aliphatic heterocycles. The van der Waals surface area contributed by atoms with Crippen LogP contribution in [0.25, 0.3) is 0 Å². The van der Waals surface area contributed by atoms with Gasteiger partial charge in [-0.15, -0.1) is 0 Å². The minimum atomic E-state index is -0.245. The monoisotopic (exact) mass is 250 g/mol. The number of fused-ring (bicyclic) bond motifs is 1. The van der Waals surface area contributed by atoms with Crippen molar-refractivity contribution in [3.8, 4) is 5.75 Å². The fourth-order valence-corrected chi connectivity index (χ4v) is 2.65. The first-order chi connectivity index (χ1) is 8.52. The fourth-order valence-electron chi connectivity index (χ4n) is 2.65. The number of benzene rings is 1. The Morgan fingerprint density at radius 3 is 2.72 bits per heavy atom. The molecule has 0 fully saturated rings. The van der Waals surface area contributed by atoms with Gasteiger partial charge in [-0.1, -0.05) is 13.8 Å². The molecule has 3 heteroatoms. The van der Waals surface area contributed by atoms with Crippen LogP contribution in [0.15, 0.2) is 12.1 Å². The average Bonchev–Trinajstić information content (AvgIpc) is 2.32. The summed E-state index contributed by atoms with van der Waals surface area (Å²) in [5.41, 5.74) is 1.53. The van der Waals surface area contributed by atoms with Crippen LogP contribution >= 0.6 is 0 Å². The molecule has 0 N–H and O–H groups in total. The second-order valence-electron chi connectivity index (χ2n) is 5.33. The smallest absolute Gasteiger partial charge is 0.140 e. The van der Waals surface area contributed by atoms with E-state index in [0.717, 1.165) is 12.0 Å². The van der Waals surface area contributed by atoms with Crippen LogP contribution in [0.2, 0.25) is 0 Å². The molecule has 1 aliphatic rings. The highest BCUT2D eigenvalue weighted by Gasteiger charge is 2.30. The van der Waals surface area contributed by atoms with Crippen LogP contribution in [0.5, 0.6) is 5.75 Å². The van der Waals surface area contributed by atoms with Crippen molar-refractivity contribution >= 4 is 5.78 Å². The van der Waals surface area contributed by atoms with Crippen molar-refractivity contribution in [2.45, 2.75) is 39.0 Å².